The molecule has 0 spiro atoms. The number of nitrogens with one attached hydrogen (secondary N) is 1. The zero-order chi connectivity index (χ0) is 27.6. The van der Waals surface area contributed by atoms with Crippen molar-refractivity contribution in [3.8, 4) is 0 Å². The Labute approximate surface area is 229 Å². The van der Waals surface area contributed by atoms with Crippen molar-refractivity contribution in [2.45, 2.75) is 109 Å². The van der Waals surface area contributed by atoms with Crippen LogP contribution in [0, 0.1) is 11.8 Å². The van der Waals surface area contributed by atoms with Crippen molar-refractivity contribution in [3.63, 3.8) is 0 Å². The number of benzene rings is 1. The number of aliphatic hydroxyl groups is 2. The highest BCUT2D eigenvalue weighted by Gasteiger charge is 2.39. The summed E-state index contributed by atoms with van der Waals surface area (Å²) in [5.74, 6) is -0.403. The largest absolute Gasteiger partial charge is 0.458 e. The van der Waals surface area contributed by atoms with E-state index in [4.69, 9.17) is 4.74 Å². The average molecular weight is 528 g/mol. The first-order chi connectivity index (χ1) is 18.4. The number of amides is 1. The average Bonchev–Trinajstić information content (AvgIpc) is 3.17. The predicted molar refractivity (Wildman–Crippen MR) is 152 cm³/mol. The van der Waals surface area contributed by atoms with Gasteiger partial charge >= 0.3 is 5.97 Å². The van der Waals surface area contributed by atoms with Gasteiger partial charge in [0, 0.05) is 31.7 Å². The summed E-state index contributed by atoms with van der Waals surface area (Å²) in [5, 5.41) is 24.1. The maximum Gasteiger partial charge on any atom is 0.306 e. The van der Waals surface area contributed by atoms with Gasteiger partial charge < -0.3 is 20.3 Å². The maximum absolute atomic E-state index is 12.5. The quantitative estimate of drug-likeness (QED) is 0.130. The monoisotopic (exact) mass is 527 g/mol. The number of ether oxygens (including phenoxy) is 1. The fourth-order valence-electron chi connectivity index (χ4n) is 5.07. The number of allylic oxidation sites excluding steroid dienone is 2. The van der Waals surface area contributed by atoms with Crippen molar-refractivity contribution >= 4 is 11.9 Å². The van der Waals surface area contributed by atoms with Gasteiger partial charge in [0.25, 0.3) is 0 Å². The van der Waals surface area contributed by atoms with Crippen LogP contribution < -0.4 is 5.32 Å². The van der Waals surface area contributed by atoms with Crippen LogP contribution in [0.4, 0.5) is 0 Å². The van der Waals surface area contributed by atoms with Crippen molar-refractivity contribution < 1.29 is 24.5 Å². The Bertz CT molecular complexity index is 853. The SMILES string of the molecule is CCCCCCC(=O)O[C@@H](/C=C/[C@@H]1[C@@H](C/C=C\CCCC(=O)NCC)[C@@H](O)C[C@H]1O)CCc1ccccc1. The van der Waals surface area contributed by atoms with Crippen LogP contribution in [0.2, 0.25) is 0 Å². The first-order valence-electron chi connectivity index (χ1n) is 14.6. The van der Waals surface area contributed by atoms with Gasteiger partial charge in [-0.1, -0.05) is 74.7 Å². The molecule has 1 aromatic rings. The highest BCUT2D eigenvalue weighted by atomic mass is 16.5. The van der Waals surface area contributed by atoms with Crippen LogP contribution in [0.15, 0.2) is 54.6 Å². The number of hydrogen-bond donors (Lipinski definition) is 3. The Morgan fingerprint density at radius 2 is 1.82 bits per heavy atom. The number of unbranched alkanes of at least 4 members (excludes halogenated alkanes) is 4. The highest BCUT2D eigenvalue weighted by molar-refractivity contribution is 5.75. The van der Waals surface area contributed by atoms with Gasteiger partial charge in [0.2, 0.25) is 5.91 Å². The van der Waals surface area contributed by atoms with E-state index in [1.165, 1.54) is 5.56 Å². The van der Waals surface area contributed by atoms with Crippen LogP contribution in [0.1, 0.15) is 90.0 Å². The lowest BCUT2D eigenvalue weighted by Gasteiger charge is -2.21. The third-order valence-corrected chi connectivity index (χ3v) is 7.26. The van der Waals surface area contributed by atoms with Crippen LogP contribution in [0.5, 0.6) is 0 Å². The lowest BCUT2D eigenvalue weighted by molar-refractivity contribution is -0.147. The molecule has 5 atom stereocenters. The van der Waals surface area contributed by atoms with E-state index in [2.05, 4.69) is 30.4 Å². The standard InChI is InChI=1S/C32H49NO5/c1-3-5-6-14-19-32(37)38-26(21-20-25-15-10-9-11-16-25)22-23-28-27(29(34)24-30(28)35)17-12-7-8-13-18-31(36)33-4-2/h7,9-12,15-16,22-23,26-30,34-35H,3-6,8,13-14,17-21,24H2,1-2H3,(H,33,36)/b12-7-,23-22+/t26-,27-,28-,29+,30-/m1/s1. The lowest BCUT2D eigenvalue weighted by atomic mass is 9.89. The van der Waals surface area contributed by atoms with E-state index >= 15 is 0 Å². The highest BCUT2D eigenvalue weighted by Crippen LogP contribution is 2.36. The zero-order valence-corrected chi connectivity index (χ0v) is 23.4. The fraction of sp³-hybridized carbons (Fsp3) is 0.625. The molecule has 212 valence electrons. The molecule has 0 bridgehead atoms. The van der Waals surface area contributed by atoms with Crippen molar-refractivity contribution in [2.75, 3.05) is 6.54 Å². The maximum atomic E-state index is 12.5. The third-order valence-electron chi connectivity index (χ3n) is 7.26. The molecule has 0 heterocycles. The second-order valence-corrected chi connectivity index (χ2v) is 10.4. The van der Waals surface area contributed by atoms with E-state index in [1.807, 2.05) is 43.4 Å². The molecule has 1 amide bonds. The number of rotatable bonds is 18. The molecule has 1 saturated carbocycles. The number of hydrogen-bond acceptors (Lipinski definition) is 5. The van der Waals surface area contributed by atoms with Gasteiger partial charge in [-0.2, -0.15) is 0 Å². The van der Waals surface area contributed by atoms with E-state index < -0.39 is 12.2 Å². The molecule has 6 nitrogen and oxygen atoms in total. The summed E-state index contributed by atoms with van der Waals surface area (Å²) in [6.45, 7) is 4.71. The second kappa shape index (κ2) is 18.8. The fourth-order valence-corrected chi connectivity index (χ4v) is 5.07. The molecule has 0 saturated heterocycles. The first-order valence-corrected chi connectivity index (χ1v) is 14.6. The van der Waals surface area contributed by atoms with E-state index in [-0.39, 0.29) is 29.8 Å². The number of esters is 1. The Morgan fingerprint density at radius 3 is 2.55 bits per heavy atom. The van der Waals surface area contributed by atoms with Gasteiger partial charge in [-0.25, -0.2) is 0 Å². The van der Waals surface area contributed by atoms with Crippen LogP contribution in [-0.4, -0.2) is 46.9 Å². The number of carbonyl (C=O) groups excluding carboxylic acids is 2. The van der Waals surface area contributed by atoms with Gasteiger partial charge in [-0.15, -0.1) is 0 Å². The zero-order valence-electron chi connectivity index (χ0n) is 23.4. The molecular weight excluding hydrogens is 478 g/mol. The first kappa shape index (κ1) is 31.8. The topological polar surface area (TPSA) is 95.9 Å². The minimum atomic E-state index is -0.628. The van der Waals surface area contributed by atoms with Crippen LogP contribution in [0.3, 0.4) is 0 Å². The summed E-state index contributed by atoms with van der Waals surface area (Å²) in [7, 11) is 0. The predicted octanol–water partition coefficient (Wildman–Crippen LogP) is 5.67. The van der Waals surface area contributed by atoms with Crippen molar-refractivity contribution in [3.05, 3.63) is 60.2 Å². The summed E-state index contributed by atoms with van der Waals surface area (Å²) in [5.41, 5.74) is 1.19. The van der Waals surface area contributed by atoms with Gasteiger partial charge in [0.1, 0.15) is 6.10 Å². The molecule has 38 heavy (non-hydrogen) atoms. The number of aliphatic hydroxyl groups excluding tert-OH is 2. The summed E-state index contributed by atoms with van der Waals surface area (Å²) in [4.78, 5) is 24.1. The Balaban J connectivity index is 1.96. The molecule has 0 unspecified atom stereocenters. The normalized spacial score (nSPS) is 22.2. The second-order valence-electron chi connectivity index (χ2n) is 10.4. The number of carbonyl (C=O) groups is 2. The molecule has 0 aromatic heterocycles. The summed E-state index contributed by atoms with van der Waals surface area (Å²) < 4.78 is 5.86. The van der Waals surface area contributed by atoms with E-state index in [0.717, 1.165) is 44.9 Å². The summed E-state index contributed by atoms with van der Waals surface area (Å²) >= 11 is 0. The van der Waals surface area contributed by atoms with Gasteiger partial charge in [-0.3, -0.25) is 9.59 Å². The summed E-state index contributed by atoms with van der Waals surface area (Å²) in [6, 6.07) is 10.1. The van der Waals surface area contributed by atoms with Crippen LogP contribution >= 0.6 is 0 Å². The Hall–Kier alpha value is -2.44. The van der Waals surface area contributed by atoms with Gasteiger partial charge in [0.15, 0.2) is 0 Å². The molecule has 3 N–H and O–H groups in total. The molecule has 2 rings (SSSR count). The Kier molecular flexibility index (Phi) is 15.7. The third kappa shape index (κ3) is 12.4. The Morgan fingerprint density at radius 1 is 1.03 bits per heavy atom. The van der Waals surface area contributed by atoms with Crippen LogP contribution in [-0.2, 0) is 20.7 Å². The lowest BCUT2D eigenvalue weighted by Crippen LogP contribution is -2.22. The molecule has 1 aliphatic carbocycles. The molecule has 1 fully saturated rings. The molecule has 6 heteroatoms. The molecule has 0 radical (unpaired) electrons. The van der Waals surface area contributed by atoms with E-state index in [9.17, 15) is 19.8 Å². The smallest absolute Gasteiger partial charge is 0.306 e. The minimum absolute atomic E-state index is 0.0731. The molecular formula is C32H49NO5. The molecule has 1 aromatic carbocycles. The van der Waals surface area contributed by atoms with Gasteiger partial charge in [0.05, 0.1) is 12.2 Å². The van der Waals surface area contributed by atoms with Crippen molar-refractivity contribution in [1.82, 2.24) is 5.32 Å². The summed E-state index contributed by atoms with van der Waals surface area (Å²) in [6.07, 6.45) is 15.5. The van der Waals surface area contributed by atoms with Crippen LogP contribution in [0.25, 0.3) is 0 Å². The van der Waals surface area contributed by atoms with Gasteiger partial charge in [-0.05, 0) is 63.0 Å². The molecule has 0 aliphatic heterocycles. The van der Waals surface area contributed by atoms with Crippen molar-refractivity contribution in [2.24, 2.45) is 11.8 Å². The molecule has 1 aliphatic rings. The van der Waals surface area contributed by atoms with E-state index in [1.54, 1.807) is 0 Å². The number of aryl methyl sites for hydroxylation is 1. The minimum Gasteiger partial charge on any atom is -0.458 e. The van der Waals surface area contributed by atoms with Crippen molar-refractivity contribution in [1.29, 1.82) is 0 Å². The van der Waals surface area contributed by atoms with E-state index in [0.29, 0.717) is 38.6 Å².